The molecule has 2 aromatic carbocycles. The van der Waals surface area contributed by atoms with Gasteiger partial charge in [-0.1, -0.05) is 32.9 Å². The maximum absolute atomic E-state index is 14.5. The first-order valence-corrected chi connectivity index (χ1v) is 23.0. The number of ether oxygens (including phenoxy) is 2. The number of hydrogen-bond acceptors (Lipinski definition) is 12. The van der Waals surface area contributed by atoms with Crippen LogP contribution in [0.15, 0.2) is 59.8 Å². The maximum atomic E-state index is 14.5. The highest BCUT2D eigenvalue weighted by Crippen LogP contribution is 2.41. The molecule has 0 radical (unpaired) electrons. The van der Waals surface area contributed by atoms with Gasteiger partial charge in [0, 0.05) is 54.7 Å². The first-order valence-electron chi connectivity index (χ1n) is 21.8. The normalized spacial score (nSPS) is 18.1. The third-order valence-electron chi connectivity index (χ3n) is 12.3. The van der Waals surface area contributed by atoms with Crippen molar-refractivity contribution in [1.82, 2.24) is 30.0 Å². The predicted octanol–water partition coefficient (Wildman–Crippen LogP) is 5.42. The van der Waals surface area contributed by atoms with Crippen LogP contribution >= 0.6 is 11.8 Å². The number of piperidine rings is 1. The Kier molecular flexibility index (Phi) is 14.2. The van der Waals surface area contributed by atoms with Gasteiger partial charge in [-0.3, -0.25) is 29.1 Å². The second-order valence-corrected chi connectivity index (χ2v) is 18.4. The van der Waals surface area contributed by atoms with Crippen molar-refractivity contribution in [2.45, 2.75) is 96.0 Å². The lowest BCUT2D eigenvalue weighted by atomic mass is 9.75. The van der Waals surface area contributed by atoms with Crippen LogP contribution in [0.4, 0.5) is 22.1 Å². The number of carbonyl (C=O) groups excluding carboxylic acids is 4. The number of pyridine rings is 1. The molecule has 0 spiro atoms. The Labute approximate surface area is 373 Å². The van der Waals surface area contributed by atoms with Crippen LogP contribution in [-0.4, -0.2) is 99.7 Å². The smallest absolute Gasteiger partial charge is 0.415 e. The molecule has 0 aliphatic carbocycles. The number of amides is 4. The van der Waals surface area contributed by atoms with Crippen LogP contribution in [0, 0.1) is 11.8 Å². The summed E-state index contributed by atoms with van der Waals surface area (Å²) in [6.07, 6.45) is 6.06. The third kappa shape index (κ3) is 10.2. The lowest BCUT2D eigenvalue weighted by molar-refractivity contribution is -0.127. The Balaban J connectivity index is 1.11. The molecule has 2 aromatic heterocycles. The van der Waals surface area contributed by atoms with Gasteiger partial charge < -0.3 is 30.4 Å². The van der Waals surface area contributed by atoms with Crippen LogP contribution in [0.25, 0.3) is 0 Å². The number of nitrogens with zero attached hydrogens (tertiary/aromatic N) is 7. The van der Waals surface area contributed by atoms with Gasteiger partial charge in [-0.05, 0) is 110 Å². The fourth-order valence-electron chi connectivity index (χ4n) is 8.37. The van der Waals surface area contributed by atoms with Crippen LogP contribution < -0.4 is 26.2 Å². The number of nitrogens with one attached hydrogen (secondary N) is 2. The molecule has 4 aromatic rings. The molecule has 3 aliphatic heterocycles. The summed E-state index contributed by atoms with van der Waals surface area (Å²) in [5, 5.41) is 13.9. The van der Waals surface area contributed by atoms with E-state index in [-0.39, 0.29) is 25.0 Å². The second-order valence-electron chi connectivity index (χ2n) is 17.6. The number of rotatable bonds is 16. The number of anilines is 3. The van der Waals surface area contributed by atoms with Gasteiger partial charge in [0.25, 0.3) is 5.91 Å². The van der Waals surface area contributed by atoms with E-state index < -0.39 is 35.4 Å². The Hall–Kier alpha value is -5.36. The topological polar surface area (TPSA) is 190 Å². The van der Waals surface area contributed by atoms with Crippen molar-refractivity contribution in [3.05, 3.63) is 88.5 Å². The van der Waals surface area contributed by atoms with Crippen LogP contribution in [0.1, 0.15) is 85.9 Å². The van der Waals surface area contributed by atoms with Gasteiger partial charge in [0.2, 0.25) is 11.8 Å². The van der Waals surface area contributed by atoms with E-state index in [0.717, 1.165) is 47.0 Å². The maximum Gasteiger partial charge on any atom is 0.415 e. The van der Waals surface area contributed by atoms with Crippen LogP contribution in [0.5, 0.6) is 0 Å². The first kappa shape index (κ1) is 45.7. The summed E-state index contributed by atoms with van der Waals surface area (Å²) in [6.45, 7) is 13.7. The van der Waals surface area contributed by atoms with E-state index in [1.54, 1.807) is 54.2 Å². The highest BCUT2D eigenvalue weighted by atomic mass is 32.2. The van der Waals surface area contributed by atoms with E-state index in [2.05, 4.69) is 44.8 Å². The quantitative estimate of drug-likeness (QED) is 0.121. The molecule has 4 N–H and O–H groups in total. The number of benzene rings is 2. The molecule has 7 rings (SSSR count). The summed E-state index contributed by atoms with van der Waals surface area (Å²) in [5.41, 5.74) is 10.3. The van der Waals surface area contributed by atoms with Crippen molar-refractivity contribution in [1.29, 1.82) is 0 Å². The average molecular weight is 881 g/mol. The minimum Gasteiger partial charge on any atom is -0.444 e. The van der Waals surface area contributed by atoms with E-state index >= 15 is 0 Å². The largest absolute Gasteiger partial charge is 0.444 e. The molecule has 3 atom stereocenters. The van der Waals surface area contributed by atoms with Crippen molar-refractivity contribution in [2.24, 2.45) is 24.6 Å². The van der Waals surface area contributed by atoms with Crippen molar-refractivity contribution in [3.8, 4) is 0 Å². The second kappa shape index (κ2) is 19.6. The minimum absolute atomic E-state index is 0.0460. The van der Waals surface area contributed by atoms with Gasteiger partial charge in [0.1, 0.15) is 36.4 Å². The number of likely N-dealkylation sites (tertiary alicyclic amines) is 1. The number of aromatic nitrogens is 4. The molecule has 63 heavy (non-hydrogen) atoms. The highest BCUT2D eigenvalue weighted by molar-refractivity contribution is 7.98. The van der Waals surface area contributed by atoms with Gasteiger partial charge in [0.05, 0.1) is 25.8 Å². The fourth-order valence-corrected chi connectivity index (χ4v) is 9.06. The van der Waals surface area contributed by atoms with Crippen molar-refractivity contribution in [2.75, 3.05) is 54.2 Å². The summed E-state index contributed by atoms with van der Waals surface area (Å²) in [5.74, 6) is 1.23. The number of fused-ring (bicyclic) bond motifs is 1. The van der Waals surface area contributed by atoms with E-state index in [1.165, 1.54) is 17.7 Å². The lowest BCUT2D eigenvalue weighted by Gasteiger charge is -2.42. The van der Waals surface area contributed by atoms with Crippen molar-refractivity contribution >= 4 is 52.9 Å². The average Bonchev–Trinajstić information content (AvgIpc) is 3.82. The molecule has 17 heteroatoms. The zero-order chi connectivity index (χ0) is 45.0. The molecule has 2 fully saturated rings. The summed E-state index contributed by atoms with van der Waals surface area (Å²) in [6, 6.07) is 13.5. The summed E-state index contributed by atoms with van der Waals surface area (Å²) < 4.78 is 13.6. The molecule has 16 nitrogen and oxygen atoms in total. The number of nitrogens with two attached hydrogens (primary N) is 1. The highest BCUT2D eigenvalue weighted by Gasteiger charge is 2.44. The van der Waals surface area contributed by atoms with Gasteiger partial charge in [0.15, 0.2) is 0 Å². The molecule has 0 bridgehead atoms. The van der Waals surface area contributed by atoms with Gasteiger partial charge in [-0.15, -0.1) is 22.0 Å². The molecular weight excluding hydrogens is 821 g/mol. The molecule has 5 heterocycles. The zero-order valence-corrected chi connectivity index (χ0v) is 38.2. The van der Waals surface area contributed by atoms with Gasteiger partial charge >= 0.3 is 6.09 Å². The van der Waals surface area contributed by atoms with E-state index in [1.807, 2.05) is 50.8 Å². The number of carbonyl (C=O) groups is 4. The molecule has 2 saturated heterocycles. The van der Waals surface area contributed by atoms with Crippen molar-refractivity contribution in [3.63, 3.8) is 0 Å². The summed E-state index contributed by atoms with van der Waals surface area (Å²) >= 11 is 1.65. The molecule has 336 valence electrons. The van der Waals surface area contributed by atoms with Crippen molar-refractivity contribution < 1.29 is 28.7 Å². The predicted molar refractivity (Wildman–Crippen MR) is 243 cm³/mol. The Morgan fingerprint density at radius 2 is 1.84 bits per heavy atom. The molecule has 3 aliphatic rings. The first-order chi connectivity index (χ1) is 30.2. The van der Waals surface area contributed by atoms with E-state index in [4.69, 9.17) is 20.2 Å². The van der Waals surface area contributed by atoms with Crippen LogP contribution in [0.2, 0.25) is 0 Å². The summed E-state index contributed by atoms with van der Waals surface area (Å²) in [7, 11) is 1.90. The Bertz CT molecular complexity index is 2310. The minimum atomic E-state index is -0.799. The SMILES string of the molecule is CCN(C(=O)OCc1ccc(NC(=O)C(C)NC(=O)C(N)C(C)C)cc1)c1cc(C2(Cc3nncn3C)COC2)cc(N2Cc3c(SC)cc(CN4CCC[C@H](C)C4)cc3C2=O)n1. The zero-order valence-electron chi connectivity index (χ0n) is 37.3. The van der Waals surface area contributed by atoms with Crippen LogP contribution in [0.3, 0.4) is 0 Å². The number of thioether (sulfide) groups is 1. The monoisotopic (exact) mass is 880 g/mol. The third-order valence-corrected chi connectivity index (χ3v) is 13.1. The standard InChI is InChI=1S/C46H60N10O6S/c1-8-55(45(60)62-24-31-11-13-34(14-12-31)50-42(57)30(5)49-43(58)41(47)28(2)3)38-18-33(46(25-61-26-46)20-40-52-48-27-53(40)6)19-39(51-38)56-23-36-35(44(56)59)16-32(17-37(36)63-7)22-54-15-9-10-29(4)21-54/h11-14,16-19,27-30,41H,8-10,15,20-26,47H2,1-7H3,(H,49,58)(H,50,57)/t29-,30?,41?/m0/s1. The molecule has 2 unspecified atom stereocenters. The number of hydrogen-bond donors (Lipinski definition) is 3. The fraction of sp³-hybridized carbons (Fsp3) is 0.500. The van der Waals surface area contributed by atoms with Crippen LogP contribution in [-0.2, 0) is 57.6 Å². The molecule has 4 amide bonds. The molecular formula is C46H60N10O6S. The molecule has 0 saturated carbocycles. The number of aryl methyl sites for hydroxylation is 1. The van der Waals surface area contributed by atoms with E-state index in [9.17, 15) is 19.2 Å². The van der Waals surface area contributed by atoms with Gasteiger partial charge in [-0.25, -0.2) is 9.78 Å². The van der Waals surface area contributed by atoms with E-state index in [0.29, 0.717) is 60.5 Å². The van der Waals surface area contributed by atoms with Gasteiger partial charge in [-0.2, -0.15) is 0 Å². The Morgan fingerprint density at radius 3 is 2.48 bits per heavy atom. The summed E-state index contributed by atoms with van der Waals surface area (Å²) in [4.78, 5) is 65.4. The lowest BCUT2D eigenvalue weighted by Crippen LogP contribution is -2.50. The Morgan fingerprint density at radius 1 is 1.08 bits per heavy atom.